The molecular formula is C11H7ClFNO4S2. The summed E-state index contributed by atoms with van der Waals surface area (Å²) >= 11 is 6.49. The van der Waals surface area contributed by atoms with Crippen LogP contribution in [0.5, 0.6) is 0 Å². The van der Waals surface area contributed by atoms with E-state index in [-0.39, 0.29) is 20.5 Å². The molecule has 1 heterocycles. The van der Waals surface area contributed by atoms with Crippen molar-refractivity contribution >= 4 is 44.6 Å². The van der Waals surface area contributed by atoms with E-state index in [1.807, 2.05) is 0 Å². The van der Waals surface area contributed by atoms with Gasteiger partial charge in [-0.25, -0.2) is 17.6 Å². The van der Waals surface area contributed by atoms with Crippen LogP contribution < -0.4 is 4.72 Å². The van der Waals surface area contributed by atoms with Gasteiger partial charge in [0.25, 0.3) is 10.0 Å². The number of thiophene rings is 1. The number of carboxylic acid groups (broad SMARTS) is 1. The highest BCUT2D eigenvalue weighted by Crippen LogP contribution is 2.27. The lowest BCUT2D eigenvalue weighted by Crippen LogP contribution is -2.12. The van der Waals surface area contributed by atoms with Gasteiger partial charge in [-0.15, -0.1) is 11.3 Å². The van der Waals surface area contributed by atoms with Crippen molar-refractivity contribution in [3.05, 3.63) is 46.0 Å². The van der Waals surface area contributed by atoms with Gasteiger partial charge in [0.2, 0.25) is 0 Å². The van der Waals surface area contributed by atoms with E-state index in [4.69, 9.17) is 16.7 Å². The summed E-state index contributed by atoms with van der Waals surface area (Å²) in [6.45, 7) is 0. The number of hydrogen-bond acceptors (Lipinski definition) is 4. The van der Waals surface area contributed by atoms with Crippen molar-refractivity contribution in [2.45, 2.75) is 4.21 Å². The Morgan fingerprint density at radius 1 is 1.35 bits per heavy atom. The predicted molar refractivity (Wildman–Crippen MR) is 73.5 cm³/mol. The quantitative estimate of drug-likeness (QED) is 0.899. The summed E-state index contributed by atoms with van der Waals surface area (Å²) in [7, 11) is -3.96. The van der Waals surface area contributed by atoms with E-state index in [0.717, 1.165) is 29.5 Å². The monoisotopic (exact) mass is 335 g/mol. The lowest BCUT2D eigenvalue weighted by atomic mass is 10.3. The Kier molecular flexibility index (Phi) is 3.98. The molecule has 2 rings (SSSR count). The fourth-order valence-electron chi connectivity index (χ4n) is 1.34. The molecule has 0 saturated carbocycles. The van der Waals surface area contributed by atoms with Crippen LogP contribution in [0, 0.1) is 5.82 Å². The van der Waals surface area contributed by atoms with Crippen LogP contribution in [0.2, 0.25) is 5.02 Å². The van der Waals surface area contributed by atoms with Crippen molar-refractivity contribution in [3.8, 4) is 0 Å². The molecule has 20 heavy (non-hydrogen) atoms. The molecule has 2 aromatic rings. The Bertz CT molecular complexity index is 772. The van der Waals surface area contributed by atoms with Gasteiger partial charge in [0.1, 0.15) is 10.0 Å². The Morgan fingerprint density at radius 3 is 2.60 bits per heavy atom. The summed E-state index contributed by atoms with van der Waals surface area (Å²) in [5.74, 6) is -1.82. The maximum atomic E-state index is 12.9. The molecule has 0 aliphatic carbocycles. The minimum atomic E-state index is -3.96. The van der Waals surface area contributed by atoms with Gasteiger partial charge >= 0.3 is 5.97 Å². The average Bonchev–Trinajstić information content (AvgIpc) is 2.83. The van der Waals surface area contributed by atoms with Crippen LogP contribution in [0.1, 0.15) is 10.4 Å². The number of carbonyl (C=O) groups is 1. The van der Waals surface area contributed by atoms with Gasteiger partial charge in [-0.05, 0) is 24.3 Å². The van der Waals surface area contributed by atoms with Crippen LogP contribution in [0.25, 0.3) is 0 Å². The standard InChI is InChI=1S/C11H7ClFNO4S2/c12-8-4-7(13)1-2-9(8)14-20(17,18)10-3-6(5-19-10)11(15)16/h1-5,14H,(H,15,16). The van der Waals surface area contributed by atoms with Crippen LogP contribution in [0.4, 0.5) is 10.1 Å². The average molecular weight is 336 g/mol. The summed E-state index contributed by atoms with van der Waals surface area (Å²) in [4.78, 5) is 10.7. The number of benzene rings is 1. The predicted octanol–water partition coefficient (Wildman–Crippen LogP) is 3.04. The summed E-state index contributed by atoms with van der Waals surface area (Å²) in [5.41, 5.74) is -0.112. The zero-order chi connectivity index (χ0) is 14.9. The van der Waals surface area contributed by atoms with Crippen molar-refractivity contribution in [1.29, 1.82) is 0 Å². The Balaban J connectivity index is 2.33. The SMILES string of the molecule is O=C(O)c1csc(S(=O)(=O)Nc2ccc(F)cc2Cl)c1. The van der Waals surface area contributed by atoms with Crippen LogP contribution in [0.15, 0.2) is 33.9 Å². The molecule has 0 bridgehead atoms. The van der Waals surface area contributed by atoms with E-state index >= 15 is 0 Å². The third-order valence-corrected chi connectivity index (χ3v) is 5.38. The van der Waals surface area contributed by atoms with Gasteiger partial charge in [0.15, 0.2) is 0 Å². The number of anilines is 1. The second-order valence-corrected chi connectivity index (χ2v) is 6.92. The first kappa shape index (κ1) is 14.8. The summed E-state index contributed by atoms with van der Waals surface area (Å²) in [5, 5.41) is 9.87. The number of rotatable bonds is 4. The molecule has 0 amide bonds. The summed E-state index contributed by atoms with van der Waals surface area (Å²) < 4.78 is 38.9. The molecule has 2 N–H and O–H groups in total. The fraction of sp³-hybridized carbons (Fsp3) is 0. The zero-order valence-electron chi connectivity index (χ0n) is 9.63. The van der Waals surface area contributed by atoms with Gasteiger partial charge in [-0.3, -0.25) is 4.72 Å². The Labute approximate surface area is 122 Å². The minimum absolute atomic E-state index is 0.0124. The molecular weight excluding hydrogens is 329 g/mol. The highest BCUT2D eigenvalue weighted by atomic mass is 35.5. The molecule has 0 aliphatic rings. The van der Waals surface area contributed by atoms with Gasteiger partial charge in [-0.2, -0.15) is 0 Å². The van der Waals surface area contributed by atoms with E-state index in [1.165, 1.54) is 11.4 Å². The third-order valence-electron chi connectivity index (χ3n) is 2.26. The Hall–Kier alpha value is -1.64. The number of nitrogens with one attached hydrogen (secondary N) is 1. The third kappa shape index (κ3) is 3.09. The van der Waals surface area contributed by atoms with E-state index in [0.29, 0.717) is 0 Å². The van der Waals surface area contributed by atoms with Crippen molar-refractivity contribution in [3.63, 3.8) is 0 Å². The van der Waals surface area contributed by atoms with Gasteiger partial charge in [0, 0.05) is 5.38 Å². The number of halogens is 2. The first-order valence-corrected chi connectivity index (χ1v) is 7.83. The molecule has 0 fully saturated rings. The molecule has 0 radical (unpaired) electrons. The molecule has 5 nitrogen and oxygen atoms in total. The molecule has 1 aromatic heterocycles. The van der Waals surface area contributed by atoms with Crippen molar-refractivity contribution in [1.82, 2.24) is 0 Å². The fourth-order valence-corrected chi connectivity index (χ4v) is 3.84. The van der Waals surface area contributed by atoms with Crippen LogP contribution >= 0.6 is 22.9 Å². The second-order valence-electron chi connectivity index (χ2n) is 3.69. The second kappa shape index (κ2) is 5.39. The smallest absolute Gasteiger partial charge is 0.336 e. The van der Waals surface area contributed by atoms with E-state index in [9.17, 15) is 17.6 Å². The molecule has 0 aliphatic heterocycles. The summed E-state index contributed by atoms with van der Waals surface area (Å²) in [6.07, 6.45) is 0. The van der Waals surface area contributed by atoms with Crippen LogP contribution in [0.3, 0.4) is 0 Å². The zero-order valence-corrected chi connectivity index (χ0v) is 12.0. The van der Waals surface area contributed by atoms with E-state index < -0.39 is 21.8 Å². The van der Waals surface area contributed by atoms with Gasteiger partial charge < -0.3 is 5.11 Å². The van der Waals surface area contributed by atoms with Crippen LogP contribution in [-0.4, -0.2) is 19.5 Å². The lowest BCUT2D eigenvalue weighted by Gasteiger charge is -2.07. The van der Waals surface area contributed by atoms with Crippen molar-refractivity contribution in [2.24, 2.45) is 0 Å². The highest BCUT2D eigenvalue weighted by Gasteiger charge is 2.20. The van der Waals surface area contributed by atoms with Crippen LogP contribution in [-0.2, 0) is 10.0 Å². The topological polar surface area (TPSA) is 83.5 Å². The molecule has 1 aromatic carbocycles. The number of sulfonamides is 1. The number of aromatic carboxylic acids is 1. The number of carboxylic acids is 1. The first-order chi connectivity index (χ1) is 9.29. The maximum Gasteiger partial charge on any atom is 0.336 e. The molecule has 0 spiro atoms. The largest absolute Gasteiger partial charge is 0.478 e. The number of hydrogen-bond donors (Lipinski definition) is 2. The summed E-state index contributed by atoms with van der Waals surface area (Å²) in [6, 6.07) is 4.24. The molecule has 0 unspecified atom stereocenters. The maximum absolute atomic E-state index is 12.9. The Morgan fingerprint density at radius 2 is 2.05 bits per heavy atom. The van der Waals surface area contributed by atoms with Gasteiger partial charge in [0.05, 0.1) is 16.3 Å². The minimum Gasteiger partial charge on any atom is -0.478 e. The molecule has 0 saturated heterocycles. The van der Waals surface area contributed by atoms with E-state index in [2.05, 4.69) is 4.72 Å². The molecule has 106 valence electrons. The lowest BCUT2D eigenvalue weighted by molar-refractivity contribution is 0.0697. The van der Waals surface area contributed by atoms with Crippen molar-refractivity contribution in [2.75, 3.05) is 4.72 Å². The highest BCUT2D eigenvalue weighted by molar-refractivity contribution is 7.94. The molecule has 0 atom stereocenters. The normalized spacial score (nSPS) is 11.3. The van der Waals surface area contributed by atoms with Gasteiger partial charge in [-0.1, -0.05) is 11.6 Å². The van der Waals surface area contributed by atoms with E-state index in [1.54, 1.807) is 0 Å². The van der Waals surface area contributed by atoms with Crippen molar-refractivity contribution < 1.29 is 22.7 Å². The molecule has 9 heteroatoms. The first-order valence-electron chi connectivity index (χ1n) is 5.09.